The normalized spacial score (nSPS) is 10.5. The van der Waals surface area contributed by atoms with Gasteiger partial charge in [-0.25, -0.2) is 9.48 Å². The first-order chi connectivity index (χ1) is 16.8. The molecule has 0 aliphatic heterocycles. The molecule has 2 heterocycles. The Morgan fingerprint density at radius 1 is 1.11 bits per heavy atom. The molecule has 0 radical (unpaired) electrons. The molecule has 3 aromatic rings. The fraction of sp³-hybridized carbons (Fsp3) is 0.292. The summed E-state index contributed by atoms with van der Waals surface area (Å²) in [5.74, 6) is -2.22. The largest absolute Gasteiger partial charge is 0.462 e. The van der Waals surface area contributed by atoms with E-state index in [0.29, 0.717) is 12.0 Å². The number of ether oxygens (including phenoxy) is 2. The molecule has 10 nitrogen and oxygen atoms in total. The van der Waals surface area contributed by atoms with Crippen molar-refractivity contribution in [2.75, 3.05) is 25.6 Å². The molecule has 1 aromatic carbocycles. The van der Waals surface area contributed by atoms with Crippen LogP contribution >= 0.6 is 11.3 Å². The summed E-state index contributed by atoms with van der Waals surface area (Å²) in [6.07, 6.45) is 3.98. The van der Waals surface area contributed by atoms with Gasteiger partial charge in [-0.2, -0.15) is 5.10 Å². The van der Waals surface area contributed by atoms with Crippen molar-refractivity contribution in [2.24, 2.45) is 0 Å². The molecule has 0 fully saturated rings. The van der Waals surface area contributed by atoms with Crippen LogP contribution in [-0.2, 0) is 25.5 Å². The first-order valence-electron chi connectivity index (χ1n) is 10.9. The molecular formula is C24H26N4O6S. The summed E-state index contributed by atoms with van der Waals surface area (Å²) in [5.41, 5.74) is 2.26. The van der Waals surface area contributed by atoms with E-state index in [1.807, 2.05) is 36.5 Å². The number of aryl methyl sites for hydroxylation is 1. The Bertz CT molecular complexity index is 1220. The average molecular weight is 499 g/mol. The van der Waals surface area contributed by atoms with E-state index in [0.717, 1.165) is 22.6 Å². The lowest BCUT2D eigenvalue weighted by atomic mass is 10.1. The second-order valence-corrected chi connectivity index (χ2v) is 8.42. The van der Waals surface area contributed by atoms with Gasteiger partial charge < -0.3 is 20.1 Å². The number of hydrogen-bond acceptors (Lipinski definition) is 8. The molecule has 2 N–H and O–H groups in total. The molecule has 0 atom stereocenters. The number of aromatic nitrogens is 2. The standard InChI is InChI=1S/C24H26N4O6S/c1-4-33-24(32)20-15(2)21(22(31)25-3)35-23(20)27-18(29)14-34-19(30)11-10-16-12-26-28(13-16)17-8-6-5-7-9-17/h5-9,12-13H,4,10-11,14H2,1-3H3,(H,25,31)(H,27,29). The second-order valence-electron chi connectivity index (χ2n) is 7.40. The molecule has 3 rings (SSSR count). The fourth-order valence-electron chi connectivity index (χ4n) is 3.22. The van der Waals surface area contributed by atoms with Crippen molar-refractivity contribution in [3.05, 3.63) is 64.3 Å². The quantitative estimate of drug-likeness (QED) is 0.411. The Kier molecular flexibility index (Phi) is 8.74. The van der Waals surface area contributed by atoms with Gasteiger partial charge in [0.05, 0.1) is 28.9 Å². The highest BCUT2D eigenvalue weighted by molar-refractivity contribution is 7.18. The number of carbonyl (C=O) groups is 4. The lowest BCUT2D eigenvalue weighted by Gasteiger charge is -2.08. The van der Waals surface area contributed by atoms with E-state index in [9.17, 15) is 19.2 Å². The van der Waals surface area contributed by atoms with Crippen LogP contribution in [0, 0.1) is 6.92 Å². The molecule has 0 saturated carbocycles. The van der Waals surface area contributed by atoms with Gasteiger partial charge in [0.25, 0.3) is 11.8 Å². The highest BCUT2D eigenvalue weighted by atomic mass is 32.1. The van der Waals surface area contributed by atoms with Crippen molar-refractivity contribution in [3.8, 4) is 5.69 Å². The topological polar surface area (TPSA) is 129 Å². The van der Waals surface area contributed by atoms with Crippen LogP contribution in [-0.4, -0.2) is 53.8 Å². The highest BCUT2D eigenvalue weighted by Gasteiger charge is 2.26. The third kappa shape index (κ3) is 6.54. The van der Waals surface area contributed by atoms with Crippen LogP contribution in [0.5, 0.6) is 0 Å². The minimum absolute atomic E-state index is 0.0702. The van der Waals surface area contributed by atoms with Crippen molar-refractivity contribution in [2.45, 2.75) is 26.7 Å². The van der Waals surface area contributed by atoms with Crippen LogP contribution < -0.4 is 10.6 Å². The second kappa shape index (κ2) is 11.9. The Morgan fingerprint density at radius 3 is 2.54 bits per heavy atom. The average Bonchev–Trinajstić information content (AvgIpc) is 3.46. The van der Waals surface area contributed by atoms with Crippen LogP contribution in [0.2, 0.25) is 0 Å². The fourth-order valence-corrected chi connectivity index (χ4v) is 4.38. The lowest BCUT2D eigenvalue weighted by Crippen LogP contribution is -2.22. The van der Waals surface area contributed by atoms with Gasteiger partial charge in [-0.1, -0.05) is 18.2 Å². The van der Waals surface area contributed by atoms with Gasteiger partial charge in [-0.15, -0.1) is 11.3 Å². The SMILES string of the molecule is CCOC(=O)c1c(NC(=O)COC(=O)CCc2cnn(-c3ccccc3)c2)sc(C(=O)NC)c1C. The van der Waals surface area contributed by atoms with Gasteiger partial charge >= 0.3 is 11.9 Å². The van der Waals surface area contributed by atoms with Gasteiger partial charge in [0.15, 0.2) is 6.61 Å². The van der Waals surface area contributed by atoms with E-state index >= 15 is 0 Å². The first-order valence-corrected chi connectivity index (χ1v) is 11.7. The minimum atomic E-state index is -0.653. The summed E-state index contributed by atoms with van der Waals surface area (Å²) in [6, 6.07) is 9.57. The highest BCUT2D eigenvalue weighted by Crippen LogP contribution is 2.33. The number of carbonyl (C=O) groups excluding carboxylic acids is 4. The number of benzene rings is 1. The zero-order valence-corrected chi connectivity index (χ0v) is 20.4. The Balaban J connectivity index is 1.55. The Hall–Kier alpha value is -3.99. The zero-order valence-electron chi connectivity index (χ0n) is 19.6. The van der Waals surface area contributed by atoms with Crippen LogP contribution in [0.3, 0.4) is 0 Å². The smallest absolute Gasteiger partial charge is 0.341 e. The summed E-state index contributed by atoms with van der Waals surface area (Å²) in [6.45, 7) is 2.86. The van der Waals surface area contributed by atoms with Crippen molar-refractivity contribution in [1.29, 1.82) is 0 Å². The van der Waals surface area contributed by atoms with Crippen molar-refractivity contribution in [3.63, 3.8) is 0 Å². The number of para-hydroxylation sites is 1. The van der Waals surface area contributed by atoms with Crippen molar-refractivity contribution >= 4 is 40.1 Å². The molecule has 0 saturated heterocycles. The van der Waals surface area contributed by atoms with Crippen molar-refractivity contribution in [1.82, 2.24) is 15.1 Å². The van der Waals surface area contributed by atoms with Gasteiger partial charge in [-0.3, -0.25) is 14.4 Å². The molecule has 2 aromatic heterocycles. The summed E-state index contributed by atoms with van der Waals surface area (Å²) < 4.78 is 11.8. The summed E-state index contributed by atoms with van der Waals surface area (Å²) in [7, 11) is 1.47. The monoisotopic (exact) mass is 498 g/mol. The lowest BCUT2D eigenvalue weighted by molar-refractivity contribution is -0.147. The maximum absolute atomic E-state index is 12.4. The van der Waals surface area contributed by atoms with Gasteiger partial charge in [-0.05, 0) is 43.5 Å². The molecular weight excluding hydrogens is 472 g/mol. The molecule has 11 heteroatoms. The predicted molar refractivity (Wildman–Crippen MR) is 130 cm³/mol. The van der Waals surface area contributed by atoms with E-state index in [1.165, 1.54) is 7.05 Å². The van der Waals surface area contributed by atoms with E-state index in [2.05, 4.69) is 15.7 Å². The molecule has 0 aliphatic carbocycles. The predicted octanol–water partition coefficient (Wildman–Crippen LogP) is 2.89. The van der Waals surface area contributed by atoms with Gasteiger partial charge in [0.2, 0.25) is 0 Å². The van der Waals surface area contributed by atoms with Crippen LogP contribution in [0.1, 0.15) is 44.5 Å². The van der Waals surface area contributed by atoms with E-state index in [-0.39, 0.29) is 34.4 Å². The Labute approximate surface area is 206 Å². The molecule has 0 bridgehead atoms. The number of nitrogens with one attached hydrogen (secondary N) is 2. The minimum Gasteiger partial charge on any atom is -0.462 e. The molecule has 0 aliphatic rings. The Morgan fingerprint density at radius 2 is 1.86 bits per heavy atom. The number of amides is 2. The van der Waals surface area contributed by atoms with Gasteiger partial charge in [0.1, 0.15) is 5.00 Å². The number of anilines is 1. The summed E-state index contributed by atoms with van der Waals surface area (Å²) in [4.78, 5) is 49.3. The summed E-state index contributed by atoms with van der Waals surface area (Å²) >= 11 is 0.949. The number of rotatable bonds is 10. The molecule has 35 heavy (non-hydrogen) atoms. The molecule has 184 valence electrons. The molecule has 2 amide bonds. The number of esters is 2. The van der Waals surface area contributed by atoms with Crippen LogP contribution in [0.25, 0.3) is 5.69 Å². The van der Waals surface area contributed by atoms with E-state index in [4.69, 9.17) is 9.47 Å². The number of nitrogens with zero attached hydrogens (tertiary/aromatic N) is 2. The van der Waals surface area contributed by atoms with Crippen LogP contribution in [0.15, 0.2) is 42.7 Å². The number of hydrogen-bond donors (Lipinski definition) is 2. The zero-order chi connectivity index (χ0) is 25.4. The first kappa shape index (κ1) is 25.6. The molecule has 0 unspecified atom stereocenters. The van der Waals surface area contributed by atoms with E-state index < -0.39 is 24.5 Å². The van der Waals surface area contributed by atoms with E-state index in [1.54, 1.807) is 24.7 Å². The maximum Gasteiger partial charge on any atom is 0.341 e. The molecule has 0 spiro atoms. The number of thiophene rings is 1. The third-order valence-corrected chi connectivity index (χ3v) is 6.16. The van der Waals surface area contributed by atoms with Crippen LogP contribution in [0.4, 0.5) is 5.00 Å². The third-order valence-electron chi connectivity index (χ3n) is 4.95. The maximum atomic E-state index is 12.4. The van der Waals surface area contributed by atoms with Gasteiger partial charge in [0, 0.05) is 19.7 Å². The summed E-state index contributed by atoms with van der Waals surface area (Å²) in [5, 5.41) is 9.49. The van der Waals surface area contributed by atoms with Crippen molar-refractivity contribution < 1.29 is 28.7 Å².